The summed E-state index contributed by atoms with van der Waals surface area (Å²) in [5.41, 5.74) is 10.8. The highest BCUT2D eigenvalue weighted by Gasteiger charge is 2.27. The Kier molecular flexibility index (Phi) is 6.04. The number of hydrogen-bond donors (Lipinski definition) is 2. The standard InChI is InChI=1S/C31H34N8/c1-21-20-22(12-13-28(21)38-18-14-23(15-19-38)37-16-6-7-17-37)33-31-35-30(32)39(36-31)29-26-10-3-2-8-24(26)25-9-4-5-11-27(25)34-29/h2-5,8-13,20,23H,6-7,14-19H2,1H3,(H3,32,33,35,36). The van der Waals surface area contributed by atoms with Gasteiger partial charge in [0.05, 0.1) is 5.52 Å². The van der Waals surface area contributed by atoms with Crippen LogP contribution in [0.2, 0.25) is 0 Å². The first-order valence-electron chi connectivity index (χ1n) is 14.0. The molecule has 3 N–H and O–H groups in total. The van der Waals surface area contributed by atoms with Gasteiger partial charge in [0.15, 0.2) is 5.82 Å². The number of nitrogens with two attached hydrogens (primary N) is 1. The predicted molar refractivity (Wildman–Crippen MR) is 159 cm³/mol. The van der Waals surface area contributed by atoms with Crippen LogP contribution in [0.5, 0.6) is 0 Å². The van der Waals surface area contributed by atoms with Crippen molar-refractivity contribution in [2.45, 2.75) is 38.6 Å². The van der Waals surface area contributed by atoms with Crippen LogP contribution in [0.3, 0.4) is 0 Å². The lowest BCUT2D eigenvalue weighted by Crippen LogP contribution is -2.44. The molecule has 0 radical (unpaired) electrons. The molecule has 4 heterocycles. The molecular weight excluding hydrogens is 484 g/mol. The first kappa shape index (κ1) is 23.9. The number of pyridine rings is 1. The second-order valence-corrected chi connectivity index (χ2v) is 10.8. The van der Waals surface area contributed by atoms with Crippen molar-refractivity contribution in [3.8, 4) is 5.82 Å². The molecule has 0 aliphatic carbocycles. The van der Waals surface area contributed by atoms with Gasteiger partial charge in [-0.15, -0.1) is 5.10 Å². The van der Waals surface area contributed by atoms with Gasteiger partial charge in [-0.2, -0.15) is 9.67 Å². The number of hydrogen-bond acceptors (Lipinski definition) is 7. The second-order valence-electron chi connectivity index (χ2n) is 10.8. The quantitative estimate of drug-likeness (QED) is 0.290. The number of fused-ring (bicyclic) bond motifs is 3. The summed E-state index contributed by atoms with van der Waals surface area (Å²) in [6.45, 7) is 6.98. The van der Waals surface area contributed by atoms with Crippen LogP contribution in [-0.2, 0) is 0 Å². The number of para-hydroxylation sites is 1. The monoisotopic (exact) mass is 518 g/mol. The van der Waals surface area contributed by atoms with E-state index in [1.54, 1.807) is 4.68 Å². The lowest BCUT2D eigenvalue weighted by molar-refractivity contribution is 0.208. The summed E-state index contributed by atoms with van der Waals surface area (Å²) in [6, 6.07) is 23.6. The summed E-state index contributed by atoms with van der Waals surface area (Å²) < 4.78 is 1.63. The molecule has 0 saturated carbocycles. The molecule has 8 heteroatoms. The van der Waals surface area contributed by atoms with E-state index in [4.69, 9.17) is 15.8 Å². The summed E-state index contributed by atoms with van der Waals surface area (Å²) in [7, 11) is 0. The summed E-state index contributed by atoms with van der Waals surface area (Å²) in [4.78, 5) is 14.7. The van der Waals surface area contributed by atoms with E-state index in [1.807, 2.05) is 36.4 Å². The average molecular weight is 519 g/mol. The fraction of sp³-hybridized carbons (Fsp3) is 0.323. The number of nitrogens with zero attached hydrogens (tertiary/aromatic N) is 6. The van der Waals surface area contributed by atoms with Crippen LogP contribution in [0.4, 0.5) is 23.3 Å². The maximum atomic E-state index is 6.37. The first-order chi connectivity index (χ1) is 19.1. The van der Waals surface area contributed by atoms with Gasteiger partial charge in [0.1, 0.15) is 0 Å². The smallest absolute Gasteiger partial charge is 0.248 e. The van der Waals surface area contributed by atoms with Gasteiger partial charge in [0, 0.05) is 41.3 Å². The third-order valence-electron chi connectivity index (χ3n) is 8.34. The minimum Gasteiger partial charge on any atom is -0.371 e. The zero-order valence-electron chi connectivity index (χ0n) is 22.3. The maximum absolute atomic E-state index is 6.37. The van der Waals surface area contributed by atoms with E-state index in [-0.39, 0.29) is 0 Å². The molecule has 0 bridgehead atoms. The normalized spacial score (nSPS) is 16.9. The van der Waals surface area contributed by atoms with Gasteiger partial charge in [-0.25, -0.2) is 4.98 Å². The van der Waals surface area contributed by atoms with Gasteiger partial charge in [0.2, 0.25) is 11.9 Å². The van der Waals surface area contributed by atoms with E-state index in [0.29, 0.717) is 17.7 Å². The van der Waals surface area contributed by atoms with E-state index in [0.717, 1.165) is 46.5 Å². The minimum atomic E-state index is 0.291. The molecule has 198 valence electrons. The molecule has 7 rings (SSSR count). The fourth-order valence-corrected chi connectivity index (χ4v) is 6.38. The van der Waals surface area contributed by atoms with E-state index in [2.05, 4.69) is 57.4 Å². The van der Waals surface area contributed by atoms with E-state index < -0.39 is 0 Å². The number of benzene rings is 3. The highest BCUT2D eigenvalue weighted by molar-refractivity contribution is 6.08. The summed E-state index contributed by atoms with van der Waals surface area (Å²) in [5, 5.41) is 11.3. The Balaban J connectivity index is 1.12. The van der Waals surface area contributed by atoms with Gasteiger partial charge >= 0.3 is 0 Å². The Hall–Kier alpha value is -4.17. The maximum Gasteiger partial charge on any atom is 0.248 e. The highest BCUT2D eigenvalue weighted by Crippen LogP contribution is 2.31. The van der Waals surface area contributed by atoms with Crippen molar-refractivity contribution in [3.63, 3.8) is 0 Å². The molecule has 2 fully saturated rings. The molecule has 0 amide bonds. The molecule has 0 unspecified atom stereocenters. The Bertz CT molecular complexity index is 1640. The molecule has 3 aromatic carbocycles. The minimum absolute atomic E-state index is 0.291. The van der Waals surface area contributed by atoms with Gasteiger partial charge in [0.25, 0.3) is 0 Å². The van der Waals surface area contributed by atoms with E-state index >= 15 is 0 Å². The van der Waals surface area contributed by atoms with Crippen LogP contribution in [0.25, 0.3) is 27.5 Å². The third-order valence-corrected chi connectivity index (χ3v) is 8.34. The molecule has 2 aliphatic rings. The molecule has 0 spiro atoms. The van der Waals surface area contributed by atoms with Crippen molar-refractivity contribution in [1.29, 1.82) is 0 Å². The van der Waals surface area contributed by atoms with Crippen molar-refractivity contribution in [2.24, 2.45) is 0 Å². The summed E-state index contributed by atoms with van der Waals surface area (Å²) >= 11 is 0. The molecule has 2 saturated heterocycles. The molecule has 39 heavy (non-hydrogen) atoms. The van der Waals surface area contributed by atoms with E-state index in [1.165, 1.54) is 50.0 Å². The predicted octanol–water partition coefficient (Wildman–Crippen LogP) is 5.67. The van der Waals surface area contributed by atoms with Crippen LogP contribution < -0.4 is 16.0 Å². The molecule has 8 nitrogen and oxygen atoms in total. The summed E-state index contributed by atoms with van der Waals surface area (Å²) in [6.07, 6.45) is 5.22. The van der Waals surface area contributed by atoms with Crippen LogP contribution >= 0.6 is 0 Å². The number of nitrogen functional groups attached to an aromatic ring is 1. The Morgan fingerprint density at radius 3 is 2.31 bits per heavy atom. The number of nitrogens with one attached hydrogen (secondary N) is 1. The first-order valence-corrected chi connectivity index (χ1v) is 14.0. The van der Waals surface area contributed by atoms with Crippen molar-refractivity contribution in [3.05, 3.63) is 72.3 Å². The zero-order chi connectivity index (χ0) is 26.3. The molecule has 2 aromatic heterocycles. The van der Waals surface area contributed by atoms with E-state index in [9.17, 15) is 0 Å². The van der Waals surface area contributed by atoms with Crippen LogP contribution in [-0.4, -0.2) is 56.9 Å². The Morgan fingerprint density at radius 2 is 1.54 bits per heavy atom. The van der Waals surface area contributed by atoms with Crippen molar-refractivity contribution < 1.29 is 0 Å². The number of anilines is 4. The van der Waals surface area contributed by atoms with Crippen LogP contribution in [0.1, 0.15) is 31.2 Å². The molecule has 0 atom stereocenters. The molecular formula is C31H34N8. The Morgan fingerprint density at radius 1 is 0.821 bits per heavy atom. The number of rotatable bonds is 5. The van der Waals surface area contributed by atoms with Gasteiger partial charge < -0.3 is 20.9 Å². The highest BCUT2D eigenvalue weighted by atomic mass is 15.4. The van der Waals surface area contributed by atoms with Crippen molar-refractivity contribution in [1.82, 2.24) is 24.6 Å². The molecule has 2 aliphatic heterocycles. The van der Waals surface area contributed by atoms with Gasteiger partial charge in [-0.1, -0.05) is 42.5 Å². The third kappa shape index (κ3) is 4.44. The Labute approximate surface area is 228 Å². The number of piperidine rings is 1. The van der Waals surface area contributed by atoms with Crippen LogP contribution in [0.15, 0.2) is 66.7 Å². The topological polar surface area (TPSA) is 88.1 Å². The number of likely N-dealkylation sites (tertiary alicyclic amines) is 1. The largest absolute Gasteiger partial charge is 0.371 e. The van der Waals surface area contributed by atoms with Gasteiger partial charge in [-0.3, -0.25) is 0 Å². The summed E-state index contributed by atoms with van der Waals surface area (Å²) in [5.74, 6) is 1.41. The average Bonchev–Trinajstić information content (AvgIpc) is 3.63. The lowest BCUT2D eigenvalue weighted by Gasteiger charge is -2.38. The second kappa shape index (κ2) is 9.85. The van der Waals surface area contributed by atoms with Crippen molar-refractivity contribution >= 4 is 44.9 Å². The SMILES string of the molecule is Cc1cc(Nc2nc(N)n(-c3nc4ccccc4c4ccccc34)n2)ccc1N1CCC(N2CCCC2)CC1. The lowest BCUT2D eigenvalue weighted by atomic mass is 10.0. The van der Waals surface area contributed by atoms with Crippen LogP contribution in [0, 0.1) is 6.92 Å². The number of aryl methyl sites for hydroxylation is 1. The van der Waals surface area contributed by atoms with Crippen molar-refractivity contribution in [2.75, 3.05) is 42.1 Å². The van der Waals surface area contributed by atoms with Gasteiger partial charge in [-0.05, 0) is 80.9 Å². The fourth-order valence-electron chi connectivity index (χ4n) is 6.38. The zero-order valence-corrected chi connectivity index (χ0v) is 22.3. The number of aromatic nitrogens is 4. The molecule has 5 aromatic rings.